The van der Waals surface area contributed by atoms with Crippen molar-refractivity contribution in [2.75, 3.05) is 0 Å². The van der Waals surface area contributed by atoms with Crippen molar-refractivity contribution in [3.05, 3.63) is 55.0 Å². The van der Waals surface area contributed by atoms with Crippen molar-refractivity contribution in [2.24, 2.45) is 0 Å². The molecule has 0 aliphatic carbocycles. The summed E-state index contributed by atoms with van der Waals surface area (Å²) in [4.78, 5) is 4.24. The van der Waals surface area contributed by atoms with Crippen molar-refractivity contribution < 1.29 is 0 Å². The molecule has 3 aromatic rings. The van der Waals surface area contributed by atoms with Gasteiger partial charge in [0, 0.05) is 23.5 Å². The lowest BCUT2D eigenvalue weighted by Crippen LogP contribution is -1.84. The monoisotopic (exact) mass is 222 g/mol. The number of nitrogens with one attached hydrogen (secondary N) is 1. The Kier molecular flexibility index (Phi) is 2.38. The highest BCUT2D eigenvalue weighted by molar-refractivity contribution is 5.69. The van der Waals surface area contributed by atoms with Gasteiger partial charge in [0.2, 0.25) is 0 Å². The van der Waals surface area contributed by atoms with Crippen LogP contribution in [0.4, 0.5) is 0 Å². The van der Waals surface area contributed by atoms with E-state index in [2.05, 4.69) is 38.6 Å². The van der Waals surface area contributed by atoms with Gasteiger partial charge in [0.05, 0.1) is 6.20 Å². The topological polar surface area (TPSA) is 54.5 Å². The van der Waals surface area contributed by atoms with Gasteiger partial charge < -0.3 is 0 Å². The van der Waals surface area contributed by atoms with Gasteiger partial charge in [-0.05, 0) is 11.6 Å². The molecule has 4 nitrogen and oxygen atoms in total. The maximum absolute atomic E-state index is 4.24. The van der Waals surface area contributed by atoms with E-state index in [1.54, 1.807) is 12.4 Å². The van der Waals surface area contributed by atoms with E-state index in [1.807, 2.05) is 24.4 Å². The summed E-state index contributed by atoms with van der Waals surface area (Å²) >= 11 is 0. The fourth-order valence-corrected chi connectivity index (χ4v) is 1.71. The van der Waals surface area contributed by atoms with Crippen LogP contribution >= 0.6 is 0 Å². The highest BCUT2D eigenvalue weighted by atomic mass is 15.3. The molecule has 0 fully saturated rings. The standard InChI is InChI=1S/C13H10N4/c1-2-4-10(5-3-1)11-6-12(8-14-7-11)13-9-15-17-16-13/h1-9H,(H,15,16,17). The molecule has 0 unspecified atom stereocenters. The summed E-state index contributed by atoms with van der Waals surface area (Å²) in [5, 5.41) is 10.4. The number of hydrogen-bond donors (Lipinski definition) is 1. The second-order valence-corrected chi connectivity index (χ2v) is 3.68. The third kappa shape index (κ3) is 1.92. The number of aromatic nitrogens is 4. The Bertz CT molecular complexity index is 602. The molecule has 82 valence electrons. The average molecular weight is 222 g/mol. The van der Waals surface area contributed by atoms with E-state index in [9.17, 15) is 0 Å². The van der Waals surface area contributed by atoms with E-state index < -0.39 is 0 Å². The van der Waals surface area contributed by atoms with E-state index in [0.717, 1.165) is 22.4 Å². The van der Waals surface area contributed by atoms with Gasteiger partial charge in [0.1, 0.15) is 5.69 Å². The first kappa shape index (κ1) is 9.72. The third-order valence-corrected chi connectivity index (χ3v) is 2.56. The summed E-state index contributed by atoms with van der Waals surface area (Å²) in [6.07, 6.45) is 5.31. The zero-order valence-electron chi connectivity index (χ0n) is 9.04. The van der Waals surface area contributed by atoms with Crippen LogP contribution in [0, 0.1) is 0 Å². The molecule has 17 heavy (non-hydrogen) atoms. The Morgan fingerprint density at radius 3 is 2.41 bits per heavy atom. The summed E-state index contributed by atoms with van der Waals surface area (Å²) in [5.74, 6) is 0. The molecular formula is C13H10N4. The van der Waals surface area contributed by atoms with Crippen LogP contribution in [0.25, 0.3) is 22.4 Å². The number of H-pyrrole nitrogens is 1. The van der Waals surface area contributed by atoms with Crippen molar-refractivity contribution in [1.29, 1.82) is 0 Å². The second kappa shape index (κ2) is 4.17. The molecule has 0 radical (unpaired) electrons. The maximum atomic E-state index is 4.24. The Morgan fingerprint density at radius 2 is 1.65 bits per heavy atom. The largest absolute Gasteiger partial charge is 0.263 e. The van der Waals surface area contributed by atoms with Crippen molar-refractivity contribution in [2.45, 2.75) is 0 Å². The van der Waals surface area contributed by atoms with Crippen LogP contribution < -0.4 is 0 Å². The predicted octanol–water partition coefficient (Wildman–Crippen LogP) is 2.53. The van der Waals surface area contributed by atoms with Crippen LogP contribution in [-0.4, -0.2) is 20.4 Å². The minimum Gasteiger partial charge on any atom is -0.263 e. The molecule has 0 amide bonds. The van der Waals surface area contributed by atoms with Crippen LogP contribution in [-0.2, 0) is 0 Å². The predicted molar refractivity (Wildman–Crippen MR) is 65.0 cm³/mol. The third-order valence-electron chi connectivity index (χ3n) is 2.56. The van der Waals surface area contributed by atoms with Crippen LogP contribution in [0.2, 0.25) is 0 Å². The molecular weight excluding hydrogens is 212 g/mol. The van der Waals surface area contributed by atoms with E-state index in [4.69, 9.17) is 0 Å². The van der Waals surface area contributed by atoms with Crippen LogP contribution in [0.3, 0.4) is 0 Å². The van der Waals surface area contributed by atoms with Gasteiger partial charge in [-0.25, -0.2) is 0 Å². The summed E-state index contributed by atoms with van der Waals surface area (Å²) in [6.45, 7) is 0. The molecule has 2 aromatic heterocycles. The molecule has 0 aliphatic heterocycles. The highest BCUT2D eigenvalue weighted by Gasteiger charge is 2.03. The minimum atomic E-state index is 0.801. The Morgan fingerprint density at radius 1 is 0.824 bits per heavy atom. The van der Waals surface area contributed by atoms with Crippen molar-refractivity contribution in [1.82, 2.24) is 20.4 Å². The normalized spacial score (nSPS) is 10.4. The van der Waals surface area contributed by atoms with Crippen LogP contribution in [0.15, 0.2) is 55.0 Å². The lowest BCUT2D eigenvalue weighted by atomic mass is 10.1. The maximum Gasteiger partial charge on any atom is 0.114 e. The molecule has 0 bridgehead atoms. The summed E-state index contributed by atoms with van der Waals surface area (Å²) in [6, 6.07) is 12.2. The number of nitrogens with zero attached hydrogens (tertiary/aromatic N) is 3. The molecule has 0 spiro atoms. The molecule has 2 heterocycles. The number of aromatic amines is 1. The molecule has 1 N–H and O–H groups in total. The number of pyridine rings is 1. The number of rotatable bonds is 2. The number of benzene rings is 1. The fourth-order valence-electron chi connectivity index (χ4n) is 1.71. The SMILES string of the molecule is c1ccc(-c2cncc(-c3cn[nH]n3)c2)cc1. The Hall–Kier alpha value is -2.49. The van der Waals surface area contributed by atoms with E-state index in [0.29, 0.717) is 0 Å². The summed E-state index contributed by atoms with van der Waals surface area (Å²) in [5.41, 5.74) is 3.98. The van der Waals surface area contributed by atoms with Crippen molar-refractivity contribution in [3.63, 3.8) is 0 Å². The molecule has 3 rings (SSSR count). The first-order valence-electron chi connectivity index (χ1n) is 5.30. The lowest BCUT2D eigenvalue weighted by Gasteiger charge is -2.02. The van der Waals surface area contributed by atoms with Gasteiger partial charge in [-0.3, -0.25) is 4.98 Å². The van der Waals surface area contributed by atoms with E-state index >= 15 is 0 Å². The zero-order valence-corrected chi connectivity index (χ0v) is 9.04. The Labute approximate surface area is 98.4 Å². The van der Waals surface area contributed by atoms with Gasteiger partial charge >= 0.3 is 0 Å². The van der Waals surface area contributed by atoms with Gasteiger partial charge in [-0.2, -0.15) is 15.4 Å². The molecule has 0 atom stereocenters. The van der Waals surface area contributed by atoms with E-state index in [-0.39, 0.29) is 0 Å². The van der Waals surface area contributed by atoms with E-state index in [1.165, 1.54) is 0 Å². The first-order chi connectivity index (χ1) is 8.43. The quantitative estimate of drug-likeness (QED) is 0.724. The Balaban J connectivity index is 2.06. The molecule has 4 heteroatoms. The first-order valence-corrected chi connectivity index (χ1v) is 5.30. The van der Waals surface area contributed by atoms with Gasteiger partial charge in [-0.1, -0.05) is 30.3 Å². The highest BCUT2D eigenvalue weighted by Crippen LogP contribution is 2.23. The minimum absolute atomic E-state index is 0.801. The van der Waals surface area contributed by atoms with Crippen molar-refractivity contribution >= 4 is 0 Å². The van der Waals surface area contributed by atoms with Crippen molar-refractivity contribution in [3.8, 4) is 22.4 Å². The smallest absolute Gasteiger partial charge is 0.114 e. The lowest BCUT2D eigenvalue weighted by molar-refractivity contribution is 0.942. The number of hydrogen-bond acceptors (Lipinski definition) is 3. The van der Waals surface area contributed by atoms with Crippen LogP contribution in [0.1, 0.15) is 0 Å². The molecule has 0 saturated carbocycles. The average Bonchev–Trinajstić information content (AvgIpc) is 2.94. The zero-order chi connectivity index (χ0) is 11.5. The van der Waals surface area contributed by atoms with Gasteiger partial charge in [0.25, 0.3) is 0 Å². The summed E-state index contributed by atoms with van der Waals surface area (Å²) in [7, 11) is 0. The molecule has 0 saturated heterocycles. The summed E-state index contributed by atoms with van der Waals surface area (Å²) < 4.78 is 0. The van der Waals surface area contributed by atoms with Gasteiger partial charge in [-0.15, -0.1) is 0 Å². The molecule has 0 aliphatic rings. The second-order valence-electron chi connectivity index (χ2n) is 3.68. The van der Waals surface area contributed by atoms with Gasteiger partial charge in [0.15, 0.2) is 0 Å². The molecule has 1 aromatic carbocycles. The van der Waals surface area contributed by atoms with Crippen LogP contribution in [0.5, 0.6) is 0 Å². The fraction of sp³-hybridized carbons (Fsp3) is 0.